The molecule has 3 aromatic rings. The number of methoxy groups -OCH3 is 1. The SMILES string of the molecule is CNCc1ccccc1-c1cc(-c2cnc(NC(C)C)s2)nc(NCCOC)n1. The third-order valence-corrected chi connectivity index (χ3v) is 5.10. The number of nitrogens with one attached hydrogen (secondary N) is 3. The third kappa shape index (κ3) is 5.72. The van der Waals surface area contributed by atoms with Crippen LogP contribution in [0.15, 0.2) is 36.5 Å². The number of benzene rings is 1. The standard InChI is InChI=1S/C21H28N6OS/c1-14(2)25-21-24-13-19(29-21)18-11-17(26-20(27-18)23-9-10-28-4)16-8-6-5-7-15(16)12-22-3/h5-8,11,13-14,22H,9-10,12H2,1-4H3,(H,24,25)(H,23,26,27). The van der Waals surface area contributed by atoms with Crippen LogP contribution in [0.1, 0.15) is 19.4 Å². The molecule has 0 amide bonds. The lowest BCUT2D eigenvalue weighted by atomic mass is 10.0. The number of thiazole rings is 1. The van der Waals surface area contributed by atoms with E-state index in [1.807, 2.05) is 31.4 Å². The summed E-state index contributed by atoms with van der Waals surface area (Å²) in [6.45, 7) is 6.19. The number of hydrogen-bond acceptors (Lipinski definition) is 8. The number of aromatic nitrogens is 3. The van der Waals surface area contributed by atoms with E-state index >= 15 is 0 Å². The average molecular weight is 413 g/mol. The van der Waals surface area contributed by atoms with Crippen LogP contribution >= 0.6 is 11.3 Å². The van der Waals surface area contributed by atoms with Gasteiger partial charge in [-0.25, -0.2) is 15.0 Å². The summed E-state index contributed by atoms with van der Waals surface area (Å²) in [4.78, 5) is 15.0. The molecular formula is C21H28N6OS. The first-order valence-electron chi connectivity index (χ1n) is 9.68. The fourth-order valence-corrected chi connectivity index (χ4v) is 3.80. The van der Waals surface area contributed by atoms with E-state index in [9.17, 15) is 0 Å². The van der Waals surface area contributed by atoms with E-state index in [2.05, 4.69) is 46.9 Å². The monoisotopic (exact) mass is 412 g/mol. The molecule has 0 fully saturated rings. The summed E-state index contributed by atoms with van der Waals surface area (Å²) in [5, 5.41) is 10.7. The van der Waals surface area contributed by atoms with E-state index in [1.54, 1.807) is 18.4 Å². The van der Waals surface area contributed by atoms with Gasteiger partial charge in [0.15, 0.2) is 5.13 Å². The minimum Gasteiger partial charge on any atom is -0.383 e. The van der Waals surface area contributed by atoms with Gasteiger partial charge in [0.2, 0.25) is 5.95 Å². The zero-order valence-corrected chi connectivity index (χ0v) is 18.1. The van der Waals surface area contributed by atoms with Gasteiger partial charge in [-0.3, -0.25) is 0 Å². The summed E-state index contributed by atoms with van der Waals surface area (Å²) in [7, 11) is 3.62. The Labute approximate surface area is 176 Å². The Bertz CT molecular complexity index is 927. The summed E-state index contributed by atoms with van der Waals surface area (Å²) in [5.74, 6) is 0.584. The van der Waals surface area contributed by atoms with Gasteiger partial charge < -0.3 is 20.7 Å². The number of ether oxygens (including phenoxy) is 1. The lowest BCUT2D eigenvalue weighted by Crippen LogP contribution is -2.11. The van der Waals surface area contributed by atoms with Gasteiger partial charge in [-0.15, -0.1) is 0 Å². The smallest absolute Gasteiger partial charge is 0.223 e. The van der Waals surface area contributed by atoms with Crippen LogP contribution < -0.4 is 16.0 Å². The van der Waals surface area contributed by atoms with Crippen LogP contribution in [0.4, 0.5) is 11.1 Å². The number of rotatable bonds is 10. The maximum absolute atomic E-state index is 5.14. The summed E-state index contributed by atoms with van der Waals surface area (Å²) < 4.78 is 5.14. The maximum Gasteiger partial charge on any atom is 0.223 e. The van der Waals surface area contributed by atoms with Crippen LogP contribution in [0.25, 0.3) is 21.8 Å². The Balaban J connectivity index is 2.01. The molecule has 0 aliphatic carbocycles. The minimum absolute atomic E-state index is 0.328. The molecule has 0 aliphatic rings. The van der Waals surface area contributed by atoms with Crippen molar-refractivity contribution in [3.8, 4) is 21.8 Å². The van der Waals surface area contributed by atoms with E-state index in [-0.39, 0.29) is 0 Å². The van der Waals surface area contributed by atoms with Crippen molar-refractivity contribution >= 4 is 22.4 Å². The van der Waals surface area contributed by atoms with Gasteiger partial charge in [-0.05, 0) is 32.5 Å². The van der Waals surface area contributed by atoms with E-state index in [0.717, 1.165) is 33.5 Å². The Hall–Kier alpha value is -2.55. The minimum atomic E-state index is 0.328. The topological polar surface area (TPSA) is 84.0 Å². The number of hydrogen-bond donors (Lipinski definition) is 3. The Morgan fingerprint density at radius 3 is 2.69 bits per heavy atom. The van der Waals surface area contributed by atoms with Crippen LogP contribution in [0, 0.1) is 0 Å². The lowest BCUT2D eigenvalue weighted by molar-refractivity contribution is 0.210. The largest absolute Gasteiger partial charge is 0.383 e. The lowest BCUT2D eigenvalue weighted by Gasteiger charge is -2.12. The quantitative estimate of drug-likeness (QED) is 0.436. The average Bonchev–Trinajstić information content (AvgIpc) is 3.16. The molecule has 0 atom stereocenters. The van der Waals surface area contributed by atoms with Crippen LogP contribution in [0.2, 0.25) is 0 Å². The fraction of sp³-hybridized carbons (Fsp3) is 0.381. The molecule has 0 spiro atoms. The predicted molar refractivity (Wildman–Crippen MR) is 120 cm³/mol. The van der Waals surface area contributed by atoms with Gasteiger partial charge in [0, 0.05) is 38.0 Å². The first kappa shape index (κ1) is 21.2. The highest BCUT2D eigenvalue weighted by Crippen LogP contribution is 2.32. The number of nitrogens with zero attached hydrogens (tertiary/aromatic N) is 3. The molecule has 3 rings (SSSR count). The molecule has 1 aromatic carbocycles. The maximum atomic E-state index is 5.14. The van der Waals surface area contributed by atoms with E-state index in [4.69, 9.17) is 14.7 Å². The van der Waals surface area contributed by atoms with Crippen LogP contribution in [0.5, 0.6) is 0 Å². The summed E-state index contributed by atoms with van der Waals surface area (Å²) in [6, 6.07) is 10.6. The highest BCUT2D eigenvalue weighted by atomic mass is 32.1. The molecule has 0 saturated heterocycles. The van der Waals surface area contributed by atoms with Crippen molar-refractivity contribution in [1.29, 1.82) is 0 Å². The summed E-state index contributed by atoms with van der Waals surface area (Å²) in [6.07, 6.45) is 1.86. The van der Waals surface area contributed by atoms with Crippen molar-refractivity contribution < 1.29 is 4.74 Å². The number of anilines is 2. The molecule has 0 unspecified atom stereocenters. The first-order valence-corrected chi connectivity index (χ1v) is 10.5. The molecule has 0 bridgehead atoms. The predicted octanol–water partition coefficient (Wildman–Crippen LogP) is 3.87. The van der Waals surface area contributed by atoms with Crippen molar-refractivity contribution in [2.24, 2.45) is 0 Å². The van der Waals surface area contributed by atoms with E-state index in [1.165, 1.54) is 5.56 Å². The fourth-order valence-electron chi connectivity index (χ4n) is 2.88. The van der Waals surface area contributed by atoms with Crippen molar-refractivity contribution in [3.05, 3.63) is 42.1 Å². The van der Waals surface area contributed by atoms with Crippen molar-refractivity contribution in [2.45, 2.75) is 26.4 Å². The normalized spacial score (nSPS) is 11.1. The van der Waals surface area contributed by atoms with Gasteiger partial charge >= 0.3 is 0 Å². The van der Waals surface area contributed by atoms with Crippen LogP contribution in [-0.2, 0) is 11.3 Å². The molecule has 29 heavy (non-hydrogen) atoms. The second-order valence-electron chi connectivity index (χ2n) is 6.90. The first-order chi connectivity index (χ1) is 14.1. The highest BCUT2D eigenvalue weighted by Gasteiger charge is 2.13. The van der Waals surface area contributed by atoms with Gasteiger partial charge in [-0.2, -0.15) is 0 Å². The van der Waals surface area contributed by atoms with Crippen LogP contribution in [-0.4, -0.2) is 48.3 Å². The van der Waals surface area contributed by atoms with Gasteiger partial charge in [0.1, 0.15) is 0 Å². The Kier molecular flexibility index (Phi) is 7.51. The second-order valence-corrected chi connectivity index (χ2v) is 7.93. The molecule has 0 saturated carbocycles. The summed E-state index contributed by atoms with van der Waals surface area (Å²) in [5.41, 5.74) is 4.01. The molecule has 2 aromatic heterocycles. The van der Waals surface area contributed by atoms with Gasteiger partial charge in [0.05, 0.1) is 22.9 Å². The van der Waals surface area contributed by atoms with E-state index in [0.29, 0.717) is 25.1 Å². The van der Waals surface area contributed by atoms with Gasteiger partial charge in [-0.1, -0.05) is 35.6 Å². The van der Waals surface area contributed by atoms with Gasteiger partial charge in [0.25, 0.3) is 0 Å². The molecule has 2 heterocycles. The molecule has 7 nitrogen and oxygen atoms in total. The van der Waals surface area contributed by atoms with Crippen molar-refractivity contribution in [1.82, 2.24) is 20.3 Å². The molecular weight excluding hydrogens is 384 g/mol. The summed E-state index contributed by atoms with van der Waals surface area (Å²) >= 11 is 1.59. The molecule has 8 heteroatoms. The van der Waals surface area contributed by atoms with Crippen LogP contribution in [0.3, 0.4) is 0 Å². The van der Waals surface area contributed by atoms with Crippen molar-refractivity contribution in [2.75, 3.05) is 37.9 Å². The van der Waals surface area contributed by atoms with Crippen molar-refractivity contribution in [3.63, 3.8) is 0 Å². The zero-order chi connectivity index (χ0) is 20.6. The second kappa shape index (κ2) is 10.3. The highest BCUT2D eigenvalue weighted by molar-refractivity contribution is 7.18. The molecule has 0 radical (unpaired) electrons. The Morgan fingerprint density at radius 2 is 1.93 bits per heavy atom. The zero-order valence-electron chi connectivity index (χ0n) is 17.3. The molecule has 0 aliphatic heterocycles. The molecule has 3 N–H and O–H groups in total. The molecule has 154 valence electrons. The third-order valence-electron chi connectivity index (χ3n) is 4.15. The Morgan fingerprint density at radius 1 is 1.14 bits per heavy atom. The van der Waals surface area contributed by atoms with E-state index < -0.39 is 0 Å².